The van der Waals surface area contributed by atoms with E-state index in [0.717, 1.165) is 44.5 Å². The molecule has 7 aromatic carbocycles. The van der Waals surface area contributed by atoms with Gasteiger partial charge in [0.15, 0.2) is 0 Å². The summed E-state index contributed by atoms with van der Waals surface area (Å²) in [6, 6.07) is 59.9. The highest BCUT2D eigenvalue weighted by molar-refractivity contribution is 6.16. The van der Waals surface area contributed by atoms with Crippen LogP contribution in [0.3, 0.4) is 0 Å². The van der Waals surface area contributed by atoms with Crippen LogP contribution in [0.5, 0.6) is 0 Å². The van der Waals surface area contributed by atoms with Crippen molar-refractivity contribution in [1.82, 2.24) is 0 Å². The number of rotatable bonds is 6. The Hall–Kier alpha value is -6.38. The number of benzene rings is 7. The van der Waals surface area contributed by atoms with E-state index in [9.17, 15) is 5.41 Å². The van der Waals surface area contributed by atoms with Gasteiger partial charge in [-0.1, -0.05) is 184 Å². The van der Waals surface area contributed by atoms with Gasteiger partial charge in [0.1, 0.15) is 0 Å². The summed E-state index contributed by atoms with van der Waals surface area (Å²) in [5.41, 5.74) is 16.1. The van der Waals surface area contributed by atoms with Crippen LogP contribution in [0.25, 0.3) is 28.3 Å². The van der Waals surface area contributed by atoms with Gasteiger partial charge in [-0.15, -0.1) is 0 Å². The summed E-state index contributed by atoms with van der Waals surface area (Å²) in [6.45, 7) is 4.68. The third-order valence-electron chi connectivity index (χ3n) is 11.3. The van der Waals surface area contributed by atoms with Gasteiger partial charge in [-0.3, -0.25) is 5.41 Å². The zero-order valence-corrected chi connectivity index (χ0v) is 29.3. The lowest BCUT2D eigenvalue weighted by atomic mass is 9.55. The number of allylic oxidation sites excluding steroid dienone is 1. The Morgan fingerprint density at radius 1 is 0.481 bits per heavy atom. The second kappa shape index (κ2) is 12.1. The number of fused-ring (bicyclic) bond motifs is 9. The largest absolute Gasteiger partial charge is 0.300 e. The zero-order valence-electron chi connectivity index (χ0n) is 29.3. The maximum Gasteiger partial charge on any atom is 0.0719 e. The van der Waals surface area contributed by atoms with Crippen LogP contribution in [0.15, 0.2) is 176 Å². The van der Waals surface area contributed by atoms with E-state index in [0.29, 0.717) is 11.4 Å². The van der Waals surface area contributed by atoms with Crippen molar-refractivity contribution >= 4 is 17.5 Å². The fourth-order valence-corrected chi connectivity index (χ4v) is 8.80. The molecule has 0 amide bonds. The Kier molecular flexibility index (Phi) is 7.38. The lowest BCUT2D eigenvalue weighted by molar-refractivity contribution is 0.563. The van der Waals surface area contributed by atoms with E-state index in [-0.39, 0.29) is 5.41 Å². The van der Waals surface area contributed by atoms with Crippen LogP contribution in [0.4, 0.5) is 0 Å². The van der Waals surface area contributed by atoms with Gasteiger partial charge in [0.25, 0.3) is 0 Å². The summed E-state index contributed by atoms with van der Waals surface area (Å²) in [5, 5.41) is 18.5. The minimum Gasteiger partial charge on any atom is -0.300 e. The standard InChI is InChI=1S/C50H38N2/c1-49(2)41-19-9-11-21-43(41)50(44-22-12-10-20-42(44)49)40-30-24-33(25-31-46(51)36-16-7-4-8-17-36)32-39(40)47-38(18-13-23-45(47)50)48(52)37-28-26-35(27-29-37)34-14-5-3-6-15-34/h3-32,51-52H,1-2H3/b31-25+,51-46?,52-48?. The highest BCUT2D eigenvalue weighted by atomic mass is 14.6. The summed E-state index contributed by atoms with van der Waals surface area (Å²) >= 11 is 0. The van der Waals surface area contributed by atoms with Crippen molar-refractivity contribution in [2.24, 2.45) is 0 Å². The highest BCUT2D eigenvalue weighted by Gasteiger charge is 2.53. The van der Waals surface area contributed by atoms with Crippen molar-refractivity contribution in [2.45, 2.75) is 24.7 Å². The molecule has 2 aliphatic rings. The van der Waals surface area contributed by atoms with E-state index < -0.39 is 5.41 Å². The molecule has 0 saturated heterocycles. The van der Waals surface area contributed by atoms with Crippen molar-refractivity contribution in [2.75, 3.05) is 0 Å². The van der Waals surface area contributed by atoms with Gasteiger partial charge in [-0.2, -0.15) is 0 Å². The monoisotopic (exact) mass is 666 g/mol. The van der Waals surface area contributed by atoms with Crippen LogP contribution in [0.2, 0.25) is 0 Å². The second-order valence-electron chi connectivity index (χ2n) is 14.4. The van der Waals surface area contributed by atoms with Crippen LogP contribution in [0.1, 0.15) is 69.5 Å². The average molecular weight is 667 g/mol. The van der Waals surface area contributed by atoms with Gasteiger partial charge in [-0.25, -0.2) is 0 Å². The van der Waals surface area contributed by atoms with E-state index in [2.05, 4.69) is 147 Å². The Morgan fingerprint density at radius 3 is 1.69 bits per heavy atom. The number of hydrogen-bond donors (Lipinski definition) is 2. The first-order valence-electron chi connectivity index (χ1n) is 17.9. The molecule has 52 heavy (non-hydrogen) atoms. The molecule has 0 saturated carbocycles. The van der Waals surface area contributed by atoms with E-state index in [4.69, 9.17) is 5.41 Å². The molecule has 0 atom stereocenters. The highest BCUT2D eigenvalue weighted by Crippen LogP contribution is 2.62. The lowest BCUT2D eigenvalue weighted by Crippen LogP contribution is -2.40. The van der Waals surface area contributed by atoms with E-state index in [1.54, 1.807) is 0 Å². The van der Waals surface area contributed by atoms with E-state index >= 15 is 0 Å². The summed E-state index contributed by atoms with van der Waals surface area (Å²) in [6.07, 6.45) is 3.93. The predicted molar refractivity (Wildman–Crippen MR) is 216 cm³/mol. The Balaban J connectivity index is 1.27. The minimum absolute atomic E-state index is 0.188. The van der Waals surface area contributed by atoms with Crippen LogP contribution in [0, 0.1) is 10.8 Å². The molecule has 1 spiro atoms. The third kappa shape index (κ3) is 4.72. The van der Waals surface area contributed by atoms with Crippen molar-refractivity contribution in [1.29, 1.82) is 10.8 Å². The average Bonchev–Trinajstić information content (AvgIpc) is 3.50. The van der Waals surface area contributed by atoms with Gasteiger partial charge >= 0.3 is 0 Å². The van der Waals surface area contributed by atoms with E-state index in [1.165, 1.54) is 33.4 Å². The fraction of sp³-hybridized carbons (Fsp3) is 0.0800. The SMILES string of the molecule is CC1(C)c2ccccc2C2(c3ccc(/C=C/C(=N)c4ccccc4)cc3-c3c(C(=N)c4ccc(-c5ccccc5)cc4)cccc32)c2ccccc21. The second-order valence-corrected chi connectivity index (χ2v) is 14.4. The molecule has 2 aliphatic carbocycles. The summed E-state index contributed by atoms with van der Waals surface area (Å²) in [7, 11) is 0. The fourth-order valence-electron chi connectivity index (χ4n) is 8.80. The van der Waals surface area contributed by atoms with Crippen LogP contribution >= 0.6 is 0 Å². The molecule has 0 aromatic heterocycles. The molecular formula is C50H38N2. The molecule has 0 unspecified atom stereocenters. The molecule has 0 fully saturated rings. The molecular weight excluding hydrogens is 629 g/mol. The Bertz CT molecular complexity index is 2510. The normalized spacial score (nSPS) is 14.3. The molecule has 0 heterocycles. The van der Waals surface area contributed by atoms with Crippen LogP contribution < -0.4 is 0 Å². The van der Waals surface area contributed by atoms with Gasteiger partial charge < -0.3 is 5.41 Å². The molecule has 2 heteroatoms. The summed E-state index contributed by atoms with van der Waals surface area (Å²) in [4.78, 5) is 0. The molecule has 0 radical (unpaired) electrons. The van der Waals surface area contributed by atoms with Gasteiger partial charge in [0.2, 0.25) is 0 Å². The topological polar surface area (TPSA) is 47.7 Å². The van der Waals surface area contributed by atoms with Crippen molar-refractivity contribution < 1.29 is 0 Å². The Labute approximate surface area is 305 Å². The van der Waals surface area contributed by atoms with Crippen molar-refractivity contribution in [3.8, 4) is 22.3 Å². The molecule has 9 rings (SSSR count). The van der Waals surface area contributed by atoms with Crippen molar-refractivity contribution in [3.05, 3.63) is 232 Å². The van der Waals surface area contributed by atoms with Gasteiger partial charge in [0.05, 0.1) is 16.8 Å². The van der Waals surface area contributed by atoms with Crippen molar-refractivity contribution in [3.63, 3.8) is 0 Å². The van der Waals surface area contributed by atoms with E-state index in [1.807, 2.05) is 48.6 Å². The van der Waals surface area contributed by atoms with Gasteiger partial charge in [-0.05, 0) is 78.9 Å². The lowest BCUT2D eigenvalue weighted by Gasteiger charge is -2.46. The number of nitrogens with one attached hydrogen (secondary N) is 2. The minimum atomic E-state index is -0.556. The summed E-state index contributed by atoms with van der Waals surface area (Å²) in [5.74, 6) is 0. The first kappa shape index (κ1) is 31.6. The molecule has 0 bridgehead atoms. The first-order valence-corrected chi connectivity index (χ1v) is 17.9. The third-order valence-corrected chi connectivity index (χ3v) is 11.3. The maximum atomic E-state index is 9.76. The quantitative estimate of drug-likeness (QED) is 0.166. The molecule has 248 valence electrons. The molecule has 2 nitrogen and oxygen atoms in total. The number of hydrogen-bond acceptors (Lipinski definition) is 2. The smallest absolute Gasteiger partial charge is 0.0719 e. The Morgan fingerprint density at radius 2 is 1.04 bits per heavy atom. The van der Waals surface area contributed by atoms with Crippen LogP contribution in [-0.4, -0.2) is 11.4 Å². The van der Waals surface area contributed by atoms with Gasteiger partial charge in [0, 0.05) is 16.5 Å². The zero-order chi connectivity index (χ0) is 35.5. The first-order chi connectivity index (χ1) is 25.4. The van der Waals surface area contributed by atoms with Crippen LogP contribution in [-0.2, 0) is 10.8 Å². The predicted octanol–water partition coefficient (Wildman–Crippen LogP) is 11.9. The summed E-state index contributed by atoms with van der Waals surface area (Å²) < 4.78 is 0. The molecule has 0 aliphatic heterocycles. The maximum absolute atomic E-state index is 9.76. The molecule has 7 aromatic rings. The molecule has 2 N–H and O–H groups in total.